The van der Waals surface area contributed by atoms with Gasteiger partial charge < -0.3 is 5.32 Å². The quantitative estimate of drug-likeness (QED) is 0.522. The van der Waals surface area contributed by atoms with Gasteiger partial charge in [-0.2, -0.15) is 4.31 Å². The Kier molecular flexibility index (Phi) is 2.90. The van der Waals surface area contributed by atoms with Crippen molar-refractivity contribution in [2.24, 2.45) is 0 Å². The lowest BCUT2D eigenvalue weighted by Crippen LogP contribution is -2.44. The standard InChI is InChI=1S/C4H9IN2O2S/c5-10(8,9)7-3-1-6-2-4-7/h6H,1-4H2. The van der Waals surface area contributed by atoms with E-state index in [9.17, 15) is 8.42 Å². The van der Waals surface area contributed by atoms with Crippen molar-refractivity contribution >= 4 is 28.4 Å². The SMILES string of the molecule is O=S(=O)(I)N1CCNCC1. The summed E-state index contributed by atoms with van der Waals surface area (Å²) in [5, 5.41) is 3.08. The van der Waals surface area contributed by atoms with E-state index < -0.39 is 7.19 Å². The molecular formula is C4H9IN2O2S. The average molecular weight is 276 g/mol. The van der Waals surface area contributed by atoms with Crippen molar-refractivity contribution in [3.8, 4) is 0 Å². The van der Waals surface area contributed by atoms with E-state index in [1.54, 1.807) is 0 Å². The van der Waals surface area contributed by atoms with Crippen LogP contribution in [0.4, 0.5) is 0 Å². The summed E-state index contributed by atoms with van der Waals surface area (Å²) in [4.78, 5) is 0. The van der Waals surface area contributed by atoms with Gasteiger partial charge in [0, 0.05) is 26.2 Å². The topological polar surface area (TPSA) is 49.4 Å². The third kappa shape index (κ3) is 2.33. The fourth-order valence-electron chi connectivity index (χ4n) is 0.862. The zero-order chi connectivity index (χ0) is 7.61. The molecule has 0 bridgehead atoms. The van der Waals surface area contributed by atoms with Gasteiger partial charge in [0.2, 0.25) is 0 Å². The number of hydrogen-bond acceptors (Lipinski definition) is 3. The van der Waals surface area contributed by atoms with E-state index in [4.69, 9.17) is 0 Å². The van der Waals surface area contributed by atoms with Crippen molar-refractivity contribution in [1.29, 1.82) is 0 Å². The molecule has 4 nitrogen and oxygen atoms in total. The Hall–Kier alpha value is 0.600. The van der Waals surface area contributed by atoms with E-state index in [0.717, 1.165) is 13.1 Å². The van der Waals surface area contributed by atoms with Crippen LogP contribution in [0.25, 0.3) is 0 Å². The first-order valence-electron chi connectivity index (χ1n) is 3.01. The highest BCUT2D eigenvalue weighted by Gasteiger charge is 2.19. The third-order valence-corrected chi connectivity index (χ3v) is 4.04. The van der Waals surface area contributed by atoms with Gasteiger partial charge in [-0.3, -0.25) is 0 Å². The van der Waals surface area contributed by atoms with Crippen LogP contribution in [-0.4, -0.2) is 38.9 Å². The molecule has 6 heteroatoms. The highest BCUT2D eigenvalue weighted by Crippen LogP contribution is 2.09. The molecule has 0 saturated carbocycles. The molecule has 1 aliphatic heterocycles. The molecular weight excluding hydrogens is 267 g/mol. The first-order chi connectivity index (χ1) is 4.61. The van der Waals surface area contributed by atoms with Crippen molar-refractivity contribution in [3.05, 3.63) is 0 Å². The maximum absolute atomic E-state index is 10.9. The molecule has 0 aromatic carbocycles. The molecule has 60 valence electrons. The summed E-state index contributed by atoms with van der Waals surface area (Å²) >= 11 is 1.47. The predicted octanol–water partition coefficient (Wildman–Crippen LogP) is -0.429. The molecule has 0 amide bonds. The molecule has 1 N–H and O–H groups in total. The summed E-state index contributed by atoms with van der Waals surface area (Å²) in [6.45, 7) is 2.74. The van der Waals surface area contributed by atoms with E-state index >= 15 is 0 Å². The van der Waals surface area contributed by atoms with Gasteiger partial charge >= 0.3 is 0 Å². The van der Waals surface area contributed by atoms with Gasteiger partial charge in [0.1, 0.15) is 0 Å². The van der Waals surface area contributed by atoms with E-state index in [2.05, 4.69) is 5.32 Å². The van der Waals surface area contributed by atoms with Crippen molar-refractivity contribution in [3.63, 3.8) is 0 Å². The maximum Gasteiger partial charge on any atom is 0.267 e. The molecule has 1 aliphatic rings. The van der Waals surface area contributed by atoms with Crippen LogP contribution in [-0.2, 0) is 7.19 Å². The Labute approximate surface area is 72.6 Å². The molecule has 1 fully saturated rings. The van der Waals surface area contributed by atoms with Crippen LogP contribution in [0.15, 0.2) is 0 Å². The second-order valence-corrected chi connectivity index (χ2v) is 6.77. The monoisotopic (exact) mass is 276 g/mol. The van der Waals surface area contributed by atoms with Crippen LogP contribution in [0.1, 0.15) is 0 Å². The van der Waals surface area contributed by atoms with E-state index in [1.807, 2.05) is 0 Å². The largest absolute Gasteiger partial charge is 0.314 e. The molecule has 1 saturated heterocycles. The molecule has 0 aromatic rings. The number of rotatable bonds is 1. The Morgan fingerprint density at radius 1 is 1.30 bits per heavy atom. The minimum Gasteiger partial charge on any atom is -0.314 e. The zero-order valence-electron chi connectivity index (χ0n) is 5.38. The summed E-state index contributed by atoms with van der Waals surface area (Å²) in [6, 6.07) is 0. The molecule has 0 radical (unpaired) electrons. The highest BCUT2D eigenvalue weighted by atomic mass is 127. The van der Waals surface area contributed by atoms with Crippen molar-refractivity contribution in [1.82, 2.24) is 9.62 Å². The fraction of sp³-hybridized carbons (Fsp3) is 1.00. The maximum atomic E-state index is 10.9. The van der Waals surface area contributed by atoms with Gasteiger partial charge in [0.25, 0.3) is 7.19 Å². The summed E-state index contributed by atoms with van der Waals surface area (Å²) in [5.74, 6) is 0. The summed E-state index contributed by atoms with van der Waals surface area (Å²) < 4.78 is 23.2. The van der Waals surface area contributed by atoms with E-state index in [0.29, 0.717) is 13.1 Å². The lowest BCUT2D eigenvalue weighted by atomic mass is 10.4. The van der Waals surface area contributed by atoms with Gasteiger partial charge in [-0.15, -0.1) is 0 Å². The number of piperazine rings is 1. The molecule has 0 atom stereocenters. The third-order valence-electron chi connectivity index (χ3n) is 1.38. The molecule has 0 spiro atoms. The normalized spacial score (nSPS) is 22.9. The van der Waals surface area contributed by atoms with Crippen molar-refractivity contribution < 1.29 is 8.42 Å². The molecule has 0 aliphatic carbocycles. The Morgan fingerprint density at radius 2 is 1.80 bits per heavy atom. The van der Waals surface area contributed by atoms with Crippen molar-refractivity contribution in [2.75, 3.05) is 26.2 Å². The van der Waals surface area contributed by atoms with Crippen LogP contribution in [0, 0.1) is 0 Å². The van der Waals surface area contributed by atoms with Crippen molar-refractivity contribution in [2.45, 2.75) is 0 Å². The van der Waals surface area contributed by atoms with Crippen LogP contribution >= 0.6 is 21.2 Å². The number of halogens is 1. The fourth-order valence-corrected chi connectivity index (χ4v) is 2.66. The molecule has 0 aromatic heterocycles. The first-order valence-corrected chi connectivity index (χ1v) is 6.99. The van der Waals surface area contributed by atoms with Crippen LogP contribution in [0.2, 0.25) is 0 Å². The minimum atomic E-state index is -2.96. The molecule has 0 unspecified atom stereocenters. The Morgan fingerprint density at radius 3 is 2.10 bits per heavy atom. The zero-order valence-corrected chi connectivity index (χ0v) is 8.35. The van der Waals surface area contributed by atoms with Crippen LogP contribution < -0.4 is 5.32 Å². The number of nitrogens with zero attached hydrogens (tertiary/aromatic N) is 1. The van der Waals surface area contributed by atoms with Gasteiger partial charge in [-0.05, 0) is 0 Å². The number of hydrogen-bond donors (Lipinski definition) is 1. The van der Waals surface area contributed by atoms with Gasteiger partial charge in [0.05, 0.1) is 21.2 Å². The lowest BCUT2D eigenvalue weighted by Gasteiger charge is -2.23. The Balaban J connectivity index is 2.56. The van der Waals surface area contributed by atoms with Gasteiger partial charge in [-0.25, -0.2) is 8.42 Å². The lowest BCUT2D eigenvalue weighted by molar-refractivity contribution is 0.369. The Bertz CT molecular complexity index is 197. The average Bonchev–Trinajstić information content (AvgIpc) is 1.88. The van der Waals surface area contributed by atoms with Crippen LogP contribution in [0.3, 0.4) is 0 Å². The van der Waals surface area contributed by atoms with Crippen LogP contribution in [0.5, 0.6) is 0 Å². The molecule has 1 heterocycles. The number of nitrogens with one attached hydrogen (secondary N) is 1. The summed E-state index contributed by atoms with van der Waals surface area (Å²) in [5.41, 5.74) is 0. The summed E-state index contributed by atoms with van der Waals surface area (Å²) in [7, 11) is -2.96. The van der Waals surface area contributed by atoms with Gasteiger partial charge in [-0.1, -0.05) is 0 Å². The van der Waals surface area contributed by atoms with E-state index in [-0.39, 0.29) is 0 Å². The first kappa shape index (κ1) is 8.69. The second kappa shape index (κ2) is 3.33. The summed E-state index contributed by atoms with van der Waals surface area (Å²) in [6.07, 6.45) is 0. The van der Waals surface area contributed by atoms with E-state index in [1.165, 1.54) is 25.5 Å². The minimum absolute atomic E-state index is 0.602. The highest BCUT2D eigenvalue weighted by molar-refractivity contribution is 14.2. The smallest absolute Gasteiger partial charge is 0.267 e. The second-order valence-electron chi connectivity index (χ2n) is 2.09. The van der Waals surface area contributed by atoms with Gasteiger partial charge in [0.15, 0.2) is 0 Å². The molecule has 10 heavy (non-hydrogen) atoms. The molecule has 1 rings (SSSR count). The predicted molar refractivity (Wildman–Crippen MR) is 47.4 cm³/mol.